The van der Waals surface area contributed by atoms with Crippen LogP contribution in [0.25, 0.3) is 0 Å². The van der Waals surface area contributed by atoms with Gasteiger partial charge in [-0.15, -0.1) is 0 Å². The van der Waals surface area contributed by atoms with E-state index in [-0.39, 0.29) is 0 Å². The predicted molar refractivity (Wildman–Crippen MR) is 73.4 cm³/mol. The van der Waals surface area contributed by atoms with Gasteiger partial charge in [-0.2, -0.15) is 0 Å². The number of ether oxygens (including phenoxy) is 2. The third-order valence-electron chi connectivity index (χ3n) is 2.57. The Kier molecular flexibility index (Phi) is 4.65. The first-order valence-corrected chi connectivity index (χ1v) is 6.34. The van der Waals surface area contributed by atoms with Crippen LogP contribution in [0.5, 0.6) is 17.2 Å². The lowest BCUT2D eigenvalue weighted by molar-refractivity contribution is 0.309. The molecule has 0 unspecified atom stereocenters. The summed E-state index contributed by atoms with van der Waals surface area (Å²) in [4.78, 5) is 0. The number of hydrogen-bond donors (Lipinski definition) is 0. The Hall–Kier alpha value is -1.96. The average Bonchev–Trinajstić information content (AvgIpc) is 2.42. The molecule has 0 spiro atoms. The van der Waals surface area contributed by atoms with Gasteiger partial charge in [0.1, 0.15) is 17.2 Å². The zero-order valence-electron chi connectivity index (χ0n) is 10.6. The molecule has 2 rings (SSSR count). The van der Waals surface area contributed by atoms with Crippen LogP contribution < -0.4 is 9.47 Å². The second-order valence-electron chi connectivity index (χ2n) is 4.09. The summed E-state index contributed by atoms with van der Waals surface area (Å²) in [6, 6.07) is 17.5. The van der Waals surface area contributed by atoms with Crippen LogP contribution >= 0.6 is 0 Å². The van der Waals surface area contributed by atoms with Crippen LogP contribution in [0.3, 0.4) is 0 Å². The molecule has 0 amide bonds. The quantitative estimate of drug-likeness (QED) is 0.686. The minimum Gasteiger partial charge on any atom is -0.494 e. The molecule has 2 nitrogen and oxygen atoms in total. The van der Waals surface area contributed by atoms with E-state index in [9.17, 15) is 0 Å². The first-order chi connectivity index (χ1) is 8.88. The molecule has 2 aromatic carbocycles. The Labute approximate surface area is 108 Å². The van der Waals surface area contributed by atoms with Gasteiger partial charge in [0.05, 0.1) is 6.61 Å². The number of hydrogen-bond acceptors (Lipinski definition) is 2. The summed E-state index contributed by atoms with van der Waals surface area (Å²) < 4.78 is 11.3. The Bertz CT molecular complexity index is 448. The fraction of sp³-hybridized carbons (Fsp3) is 0.250. The third kappa shape index (κ3) is 3.81. The lowest BCUT2D eigenvalue weighted by Crippen LogP contribution is -1.95. The molecule has 0 radical (unpaired) electrons. The van der Waals surface area contributed by atoms with Crippen molar-refractivity contribution < 1.29 is 9.47 Å². The van der Waals surface area contributed by atoms with Gasteiger partial charge in [0.2, 0.25) is 0 Å². The summed E-state index contributed by atoms with van der Waals surface area (Å²) in [6.07, 6.45) is 2.23. The van der Waals surface area contributed by atoms with Crippen molar-refractivity contribution in [2.45, 2.75) is 19.8 Å². The molecule has 0 heterocycles. The van der Waals surface area contributed by atoms with Gasteiger partial charge < -0.3 is 9.47 Å². The van der Waals surface area contributed by atoms with Gasteiger partial charge >= 0.3 is 0 Å². The molecule has 2 aromatic rings. The topological polar surface area (TPSA) is 18.5 Å². The fourth-order valence-electron chi connectivity index (χ4n) is 1.56. The lowest BCUT2D eigenvalue weighted by Gasteiger charge is -2.08. The molecule has 18 heavy (non-hydrogen) atoms. The van der Waals surface area contributed by atoms with Crippen molar-refractivity contribution in [2.24, 2.45) is 0 Å². The van der Waals surface area contributed by atoms with E-state index in [1.54, 1.807) is 0 Å². The summed E-state index contributed by atoms with van der Waals surface area (Å²) in [5.41, 5.74) is 0. The van der Waals surface area contributed by atoms with Gasteiger partial charge in [-0.3, -0.25) is 0 Å². The summed E-state index contributed by atoms with van der Waals surface area (Å²) in [7, 11) is 0. The monoisotopic (exact) mass is 242 g/mol. The van der Waals surface area contributed by atoms with E-state index >= 15 is 0 Å². The van der Waals surface area contributed by atoms with Crippen LogP contribution in [0.4, 0.5) is 0 Å². The zero-order chi connectivity index (χ0) is 12.6. The molecule has 0 bridgehead atoms. The summed E-state index contributed by atoms with van der Waals surface area (Å²) in [5.74, 6) is 2.56. The SMILES string of the molecule is CCCCOc1ccc(Oc2ccccc2)cc1. The highest BCUT2D eigenvalue weighted by atomic mass is 16.5. The van der Waals surface area contributed by atoms with Crippen LogP contribution in [0.1, 0.15) is 19.8 Å². The normalized spacial score (nSPS) is 10.1. The van der Waals surface area contributed by atoms with Crippen molar-refractivity contribution in [2.75, 3.05) is 6.61 Å². The Morgan fingerprint density at radius 1 is 0.778 bits per heavy atom. The molecule has 94 valence electrons. The van der Waals surface area contributed by atoms with Crippen molar-refractivity contribution >= 4 is 0 Å². The summed E-state index contributed by atoms with van der Waals surface area (Å²) in [5, 5.41) is 0. The molecule has 0 saturated carbocycles. The van der Waals surface area contributed by atoms with E-state index in [0.29, 0.717) is 0 Å². The maximum Gasteiger partial charge on any atom is 0.127 e. The van der Waals surface area contributed by atoms with Crippen LogP contribution in [0.2, 0.25) is 0 Å². The highest BCUT2D eigenvalue weighted by Crippen LogP contribution is 2.23. The van der Waals surface area contributed by atoms with E-state index < -0.39 is 0 Å². The van der Waals surface area contributed by atoms with Gasteiger partial charge in [0.25, 0.3) is 0 Å². The largest absolute Gasteiger partial charge is 0.494 e. The Balaban J connectivity index is 1.91. The van der Waals surface area contributed by atoms with Crippen molar-refractivity contribution in [1.29, 1.82) is 0 Å². The Morgan fingerprint density at radius 2 is 1.39 bits per heavy atom. The minimum absolute atomic E-state index is 0.773. The molecule has 0 fully saturated rings. The second-order valence-corrected chi connectivity index (χ2v) is 4.09. The maximum atomic E-state index is 5.70. The molecule has 0 aliphatic heterocycles. The van der Waals surface area contributed by atoms with Crippen molar-refractivity contribution in [3.63, 3.8) is 0 Å². The predicted octanol–water partition coefficient (Wildman–Crippen LogP) is 4.66. The molecule has 0 saturated heterocycles. The molecule has 0 N–H and O–H groups in total. The summed E-state index contributed by atoms with van der Waals surface area (Å²) >= 11 is 0. The third-order valence-corrected chi connectivity index (χ3v) is 2.57. The van der Waals surface area contributed by atoms with Gasteiger partial charge in [-0.25, -0.2) is 0 Å². The lowest BCUT2D eigenvalue weighted by atomic mass is 10.3. The van der Waals surface area contributed by atoms with Gasteiger partial charge in [0, 0.05) is 0 Å². The second kappa shape index (κ2) is 6.70. The summed E-state index contributed by atoms with van der Waals surface area (Å²) in [6.45, 7) is 2.93. The van der Waals surface area contributed by atoms with E-state index in [2.05, 4.69) is 6.92 Å². The van der Waals surface area contributed by atoms with E-state index in [4.69, 9.17) is 9.47 Å². The Morgan fingerprint density at radius 3 is 2.06 bits per heavy atom. The van der Waals surface area contributed by atoms with Crippen molar-refractivity contribution in [3.05, 3.63) is 54.6 Å². The fourth-order valence-corrected chi connectivity index (χ4v) is 1.56. The van der Waals surface area contributed by atoms with Crippen LogP contribution in [0, 0.1) is 0 Å². The maximum absolute atomic E-state index is 5.70. The van der Waals surface area contributed by atoms with Crippen LogP contribution in [-0.4, -0.2) is 6.61 Å². The molecule has 0 aliphatic carbocycles. The van der Waals surface area contributed by atoms with Gasteiger partial charge in [-0.1, -0.05) is 31.5 Å². The van der Waals surface area contributed by atoms with Crippen molar-refractivity contribution in [3.8, 4) is 17.2 Å². The molecule has 0 aromatic heterocycles. The van der Waals surface area contributed by atoms with Crippen LogP contribution in [0.15, 0.2) is 54.6 Å². The molecular weight excluding hydrogens is 224 g/mol. The average molecular weight is 242 g/mol. The van der Waals surface area contributed by atoms with Crippen LogP contribution in [-0.2, 0) is 0 Å². The minimum atomic E-state index is 0.773. The first-order valence-electron chi connectivity index (χ1n) is 6.34. The number of benzene rings is 2. The molecule has 0 aliphatic rings. The van der Waals surface area contributed by atoms with Gasteiger partial charge in [0.15, 0.2) is 0 Å². The highest BCUT2D eigenvalue weighted by Gasteiger charge is 1.97. The number of rotatable bonds is 6. The molecule has 2 heteroatoms. The van der Waals surface area contributed by atoms with Crippen molar-refractivity contribution in [1.82, 2.24) is 0 Å². The first kappa shape index (κ1) is 12.5. The smallest absolute Gasteiger partial charge is 0.127 e. The van der Waals surface area contributed by atoms with E-state index in [1.807, 2.05) is 54.6 Å². The van der Waals surface area contributed by atoms with Gasteiger partial charge in [-0.05, 0) is 42.8 Å². The number of unbranched alkanes of at least 4 members (excludes halogenated alkanes) is 1. The van der Waals surface area contributed by atoms with E-state index in [0.717, 1.165) is 36.7 Å². The number of para-hydroxylation sites is 1. The molecular formula is C16H18O2. The standard InChI is InChI=1S/C16H18O2/c1-2-3-13-17-14-9-11-16(12-10-14)18-15-7-5-4-6-8-15/h4-12H,2-3,13H2,1H3. The molecule has 0 atom stereocenters. The zero-order valence-corrected chi connectivity index (χ0v) is 10.6. The highest BCUT2D eigenvalue weighted by molar-refractivity contribution is 5.35. The van der Waals surface area contributed by atoms with E-state index in [1.165, 1.54) is 0 Å².